The minimum Gasteiger partial charge on any atom is -0.490 e. The Kier molecular flexibility index (Phi) is 4.81. The van der Waals surface area contributed by atoms with Gasteiger partial charge in [0, 0.05) is 31.6 Å². The number of likely N-dealkylation sites (tertiary alicyclic amines) is 1. The van der Waals surface area contributed by atoms with Gasteiger partial charge >= 0.3 is 0 Å². The van der Waals surface area contributed by atoms with E-state index in [1.165, 1.54) is 0 Å². The van der Waals surface area contributed by atoms with Crippen LogP contribution in [0.3, 0.4) is 0 Å². The van der Waals surface area contributed by atoms with Gasteiger partial charge in [-0.05, 0) is 29.8 Å². The summed E-state index contributed by atoms with van der Waals surface area (Å²) in [5.74, 6) is 1.08. The summed E-state index contributed by atoms with van der Waals surface area (Å²) in [5.41, 5.74) is 7.40. The Morgan fingerprint density at radius 3 is 2.35 bits per heavy atom. The Labute approximate surface area is 136 Å². The maximum atomic E-state index is 12.4. The second-order valence-electron chi connectivity index (χ2n) is 5.93. The first kappa shape index (κ1) is 15.4. The number of nitrogens with two attached hydrogens (primary N) is 1. The summed E-state index contributed by atoms with van der Waals surface area (Å²) in [4.78, 5) is 14.3. The monoisotopic (exact) mass is 310 g/mol. The van der Waals surface area contributed by atoms with Crippen LogP contribution in [-0.2, 0) is 11.2 Å². The summed E-state index contributed by atoms with van der Waals surface area (Å²) >= 11 is 0. The fraction of sp³-hybridized carbons (Fsp3) is 0.316. The number of rotatable bonds is 4. The van der Waals surface area contributed by atoms with E-state index in [9.17, 15) is 4.79 Å². The topological polar surface area (TPSA) is 55.6 Å². The number of carbonyl (C=O) groups is 1. The van der Waals surface area contributed by atoms with Gasteiger partial charge in [0.1, 0.15) is 11.9 Å². The lowest BCUT2D eigenvalue weighted by molar-refractivity contribution is -0.132. The third-order valence-corrected chi connectivity index (χ3v) is 4.18. The largest absolute Gasteiger partial charge is 0.490 e. The van der Waals surface area contributed by atoms with Gasteiger partial charge in [0.25, 0.3) is 0 Å². The van der Waals surface area contributed by atoms with Crippen molar-refractivity contribution in [1.29, 1.82) is 0 Å². The Morgan fingerprint density at radius 2 is 1.70 bits per heavy atom. The molecule has 1 heterocycles. The average Bonchev–Trinajstić information content (AvgIpc) is 2.58. The molecule has 0 saturated carbocycles. The smallest absolute Gasteiger partial charge is 0.226 e. The first-order valence-electron chi connectivity index (χ1n) is 8.04. The summed E-state index contributed by atoms with van der Waals surface area (Å²) in [6.45, 7) is 1.51. The molecule has 0 spiro atoms. The minimum absolute atomic E-state index is 0.174. The van der Waals surface area contributed by atoms with Crippen LogP contribution in [0.4, 0.5) is 5.69 Å². The Hall–Kier alpha value is -2.49. The average molecular weight is 310 g/mol. The van der Waals surface area contributed by atoms with Crippen LogP contribution in [-0.4, -0.2) is 30.0 Å². The van der Waals surface area contributed by atoms with Gasteiger partial charge in [-0.3, -0.25) is 4.79 Å². The van der Waals surface area contributed by atoms with Gasteiger partial charge < -0.3 is 15.4 Å². The molecule has 1 fully saturated rings. The van der Waals surface area contributed by atoms with Crippen LogP contribution < -0.4 is 10.5 Å². The third-order valence-electron chi connectivity index (χ3n) is 4.18. The summed E-state index contributed by atoms with van der Waals surface area (Å²) in [6, 6.07) is 17.4. The van der Waals surface area contributed by atoms with Gasteiger partial charge in [0.15, 0.2) is 0 Å². The molecule has 2 N–H and O–H groups in total. The predicted molar refractivity (Wildman–Crippen MR) is 91.2 cm³/mol. The molecule has 0 aliphatic carbocycles. The second kappa shape index (κ2) is 7.18. The lowest BCUT2D eigenvalue weighted by atomic mass is 10.1. The van der Waals surface area contributed by atoms with Crippen LogP contribution >= 0.6 is 0 Å². The number of benzene rings is 2. The molecule has 120 valence electrons. The molecular weight excluding hydrogens is 288 g/mol. The van der Waals surface area contributed by atoms with E-state index in [1.54, 1.807) is 0 Å². The second-order valence-corrected chi connectivity index (χ2v) is 5.93. The number of carbonyl (C=O) groups excluding carboxylic acids is 1. The standard InChI is InChI=1S/C19H22N2O2/c20-16-8-6-15(7-9-16)14-19(22)21-12-10-18(11-13-21)23-17-4-2-1-3-5-17/h1-9,18H,10-14,20H2. The highest BCUT2D eigenvalue weighted by molar-refractivity contribution is 5.79. The maximum Gasteiger partial charge on any atom is 0.226 e. The SMILES string of the molecule is Nc1ccc(CC(=O)N2CCC(Oc3ccccc3)CC2)cc1. The molecule has 0 aromatic heterocycles. The molecule has 2 aromatic rings. The summed E-state index contributed by atoms with van der Waals surface area (Å²) in [6.07, 6.45) is 2.38. The van der Waals surface area contributed by atoms with E-state index in [2.05, 4.69) is 0 Å². The van der Waals surface area contributed by atoms with Gasteiger partial charge in [0.2, 0.25) is 5.91 Å². The Bertz CT molecular complexity index is 632. The number of amides is 1. The van der Waals surface area contributed by atoms with Crippen LogP contribution in [0.1, 0.15) is 18.4 Å². The van der Waals surface area contributed by atoms with Crippen molar-refractivity contribution in [2.45, 2.75) is 25.4 Å². The van der Waals surface area contributed by atoms with Gasteiger partial charge in [-0.1, -0.05) is 30.3 Å². The fourth-order valence-electron chi connectivity index (χ4n) is 2.84. The highest BCUT2D eigenvalue weighted by atomic mass is 16.5. The van der Waals surface area contributed by atoms with Crippen molar-refractivity contribution in [3.8, 4) is 5.75 Å². The Balaban J connectivity index is 1.48. The van der Waals surface area contributed by atoms with E-state index in [4.69, 9.17) is 10.5 Å². The van der Waals surface area contributed by atoms with Crippen molar-refractivity contribution >= 4 is 11.6 Å². The number of hydrogen-bond donors (Lipinski definition) is 1. The predicted octanol–water partition coefficient (Wildman–Crippen LogP) is 2.88. The zero-order valence-corrected chi connectivity index (χ0v) is 13.2. The van der Waals surface area contributed by atoms with Crippen LogP contribution in [0.5, 0.6) is 5.75 Å². The van der Waals surface area contributed by atoms with E-state index < -0.39 is 0 Å². The first-order chi connectivity index (χ1) is 11.2. The van der Waals surface area contributed by atoms with E-state index in [1.807, 2.05) is 59.5 Å². The number of para-hydroxylation sites is 1. The molecule has 1 amide bonds. The third kappa shape index (κ3) is 4.25. The van der Waals surface area contributed by atoms with Gasteiger partial charge in [-0.15, -0.1) is 0 Å². The quantitative estimate of drug-likeness (QED) is 0.884. The van der Waals surface area contributed by atoms with E-state index in [0.29, 0.717) is 6.42 Å². The zero-order valence-electron chi connectivity index (χ0n) is 13.2. The summed E-state index contributed by atoms with van der Waals surface area (Å²) < 4.78 is 5.96. The lowest BCUT2D eigenvalue weighted by Gasteiger charge is -2.32. The van der Waals surface area contributed by atoms with Crippen molar-refractivity contribution < 1.29 is 9.53 Å². The van der Waals surface area contributed by atoms with Crippen molar-refractivity contribution in [2.75, 3.05) is 18.8 Å². The summed E-state index contributed by atoms with van der Waals surface area (Å²) in [7, 11) is 0. The molecule has 23 heavy (non-hydrogen) atoms. The molecule has 4 heteroatoms. The van der Waals surface area contributed by atoms with Gasteiger partial charge in [0.05, 0.1) is 6.42 Å². The number of piperidine rings is 1. The van der Waals surface area contributed by atoms with Crippen molar-refractivity contribution in [1.82, 2.24) is 4.90 Å². The molecule has 0 radical (unpaired) electrons. The highest BCUT2D eigenvalue weighted by Gasteiger charge is 2.23. The van der Waals surface area contributed by atoms with Gasteiger partial charge in [-0.25, -0.2) is 0 Å². The fourth-order valence-corrected chi connectivity index (χ4v) is 2.84. The van der Waals surface area contributed by atoms with Crippen LogP contribution in [0.25, 0.3) is 0 Å². The summed E-state index contributed by atoms with van der Waals surface area (Å²) in [5, 5.41) is 0. The molecule has 2 aromatic carbocycles. The van der Waals surface area contributed by atoms with Crippen molar-refractivity contribution in [3.05, 3.63) is 60.2 Å². The minimum atomic E-state index is 0.174. The first-order valence-corrected chi connectivity index (χ1v) is 8.04. The van der Waals surface area contributed by atoms with Gasteiger partial charge in [-0.2, -0.15) is 0 Å². The maximum absolute atomic E-state index is 12.4. The molecule has 1 aliphatic rings. The number of hydrogen-bond acceptors (Lipinski definition) is 3. The number of nitrogens with zero attached hydrogens (tertiary/aromatic N) is 1. The molecular formula is C19H22N2O2. The number of nitrogen functional groups attached to an aromatic ring is 1. The zero-order chi connectivity index (χ0) is 16.1. The van der Waals surface area contributed by atoms with E-state index in [0.717, 1.165) is 42.9 Å². The van der Waals surface area contributed by atoms with E-state index in [-0.39, 0.29) is 12.0 Å². The molecule has 1 saturated heterocycles. The number of anilines is 1. The van der Waals surface area contributed by atoms with Crippen molar-refractivity contribution in [3.63, 3.8) is 0 Å². The van der Waals surface area contributed by atoms with Crippen LogP contribution in [0.15, 0.2) is 54.6 Å². The highest BCUT2D eigenvalue weighted by Crippen LogP contribution is 2.19. The van der Waals surface area contributed by atoms with Crippen LogP contribution in [0.2, 0.25) is 0 Å². The Morgan fingerprint density at radius 1 is 1.04 bits per heavy atom. The van der Waals surface area contributed by atoms with Crippen molar-refractivity contribution in [2.24, 2.45) is 0 Å². The molecule has 4 nitrogen and oxygen atoms in total. The van der Waals surface area contributed by atoms with Crippen LogP contribution in [0, 0.1) is 0 Å². The molecule has 0 bridgehead atoms. The molecule has 0 unspecified atom stereocenters. The normalized spacial score (nSPS) is 15.4. The van der Waals surface area contributed by atoms with E-state index >= 15 is 0 Å². The molecule has 3 rings (SSSR count). The molecule has 1 aliphatic heterocycles. The number of ether oxygens (including phenoxy) is 1. The lowest BCUT2D eigenvalue weighted by Crippen LogP contribution is -2.42. The molecule has 0 atom stereocenters.